The van der Waals surface area contributed by atoms with Crippen LogP contribution in [0.3, 0.4) is 0 Å². The van der Waals surface area contributed by atoms with Crippen LogP contribution >= 0.6 is 0 Å². The van der Waals surface area contributed by atoms with Gasteiger partial charge >= 0.3 is 0 Å². The van der Waals surface area contributed by atoms with Gasteiger partial charge in [0.2, 0.25) is 0 Å². The van der Waals surface area contributed by atoms with E-state index in [2.05, 4.69) is 41.1 Å². The molecule has 2 aromatic rings. The fourth-order valence-electron chi connectivity index (χ4n) is 2.06. The number of pyridine rings is 1. The summed E-state index contributed by atoms with van der Waals surface area (Å²) >= 11 is 0. The Morgan fingerprint density at radius 2 is 1.94 bits per heavy atom. The molecule has 1 aromatic carbocycles. The molecule has 0 fully saturated rings. The Kier molecular flexibility index (Phi) is 3.51. The van der Waals surface area contributed by atoms with Gasteiger partial charge in [-0.05, 0) is 31.0 Å². The first-order valence-corrected chi connectivity index (χ1v) is 6.05. The van der Waals surface area contributed by atoms with Crippen molar-refractivity contribution in [2.45, 2.75) is 20.4 Å². The minimum absolute atomic E-state index is 0.727. The Morgan fingerprint density at radius 3 is 2.61 bits per heavy atom. The number of aryl methyl sites for hydroxylation is 2. The summed E-state index contributed by atoms with van der Waals surface area (Å²) in [5, 5.41) is 0. The number of nitrogens with two attached hydrogens (primary N) is 1. The van der Waals surface area contributed by atoms with Crippen LogP contribution in [0.4, 0.5) is 11.5 Å². The Hall–Kier alpha value is -2.03. The van der Waals surface area contributed by atoms with Crippen molar-refractivity contribution in [2.24, 2.45) is 0 Å². The monoisotopic (exact) mass is 241 g/mol. The van der Waals surface area contributed by atoms with Crippen LogP contribution in [-0.2, 0) is 6.54 Å². The maximum atomic E-state index is 6.00. The van der Waals surface area contributed by atoms with Crippen molar-refractivity contribution < 1.29 is 0 Å². The van der Waals surface area contributed by atoms with E-state index in [0.29, 0.717) is 0 Å². The standard InChI is InChI=1S/C15H19N3/c1-11-5-4-6-13(7-11)10-18(3)15-14(16)8-12(2)9-17-15/h4-9H,10,16H2,1-3H3. The second-order valence-corrected chi connectivity index (χ2v) is 4.77. The van der Waals surface area contributed by atoms with Gasteiger partial charge in [-0.15, -0.1) is 0 Å². The molecule has 0 atom stereocenters. The molecule has 2 rings (SSSR count). The fourth-order valence-corrected chi connectivity index (χ4v) is 2.06. The highest BCUT2D eigenvalue weighted by molar-refractivity contribution is 5.63. The Balaban J connectivity index is 2.19. The largest absolute Gasteiger partial charge is 0.396 e. The third-order valence-corrected chi connectivity index (χ3v) is 2.90. The molecule has 0 saturated carbocycles. The summed E-state index contributed by atoms with van der Waals surface area (Å²) in [5.41, 5.74) is 10.3. The molecular formula is C15H19N3. The van der Waals surface area contributed by atoms with E-state index in [1.807, 2.05) is 26.2 Å². The minimum Gasteiger partial charge on any atom is -0.396 e. The molecule has 1 heterocycles. The summed E-state index contributed by atoms with van der Waals surface area (Å²) in [4.78, 5) is 6.47. The molecule has 0 unspecified atom stereocenters. The average molecular weight is 241 g/mol. The number of nitrogen functional groups attached to an aromatic ring is 1. The molecule has 0 aliphatic rings. The normalized spacial score (nSPS) is 10.4. The molecule has 0 radical (unpaired) electrons. The first kappa shape index (κ1) is 12.4. The van der Waals surface area contributed by atoms with Crippen molar-refractivity contribution in [1.29, 1.82) is 0 Å². The number of rotatable bonds is 3. The maximum Gasteiger partial charge on any atom is 0.151 e. The van der Waals surface area contributed by atoms with Crippen molar-refractivity contribution in [3.05, 3.63) is 53.2 Å². The van der Waals surface area contributed by atoms with Crippen LogP contribution in [-0.4, -0.2) is 12.0 Å². The molecule has 1 aromatic heterocycles. The Morgan fingerprint density at radius 1 is 1.17 bits per heavy atom. The summed E-state index contributed by atoms with van der Waals surface area (Å²) in [6, 6.07) is 10.4. The molecule has 0 saturated heterocycles. The summed E-state index contributed by atoms with van der Waals surface area (Å²) in [6.07, 6.45) is 1.85. The number of aromatic nitrogens is 1. The molecule has 94 valence electrons. The fraction of sp³-hybridized carbons (Fsp3) is 0.267. The number of hydrogen-bond acceptors (Lipinski definition) is 3. The van der Waals surface area contributed by atoms with E-state index in [9.17, 15) is 0 Å². The smallest absolute Gasteiger partial charge is 0.151 e. The van der Waals surface area contributed by atoms with Crippen molar-refractivity contribution >= 4 is 11.5 Å². The zero-order valence-corrected chi connectivity index (χ0v) is 11.1. The second-order valence-electron chi connectivity index (χ2n) is 4.77. The van der Waals surface area contributed by atoms with Crippen LogP contribution in [0.25, 0.3) is 0 Å². The lowest BCUT2D eigenvalue weighted by atomic mass is 10.1. The predicted molar refractivity (Wildman–Crippen MR) is 76.7 cm³/mol. The third-order valence-electron chi connectivity index (χ3n) is 2.90. The molecule has 0 bridgehead atoms. The zero-order valence-electron chi connectivity index (χ0n) is 11.1. The van der Waals surface area contributed by atoms with Gasteiger partial charge in [0.15, 0.2) is 5.82 Å². The predicted octanol–water partition coefficient (Wildman–Crippen LogP) is 2.92. The molecule has 3 nitrogen and oxygen atoms in total. The van der Waals surface area contributed by atoms with E-state index >= 15 is 0 Å². The van der Waals surface area contributed by atoms with Gasteiger partial charge < -0.3 is 10.6 Å². The molecule has 3 heteroatoms. The summed E-state index contributed by atoms with van der Waals surface area (Å²) in [6.45, 7) is 4.90. The number of nitrogens with zero attached hydrogens (tertiary/aromatic N) is 2. The number of anilines is 2. The van der Waals surface area contributed by atoms with Gasteiger partial charge in [0, 0.05) is 19.8 Å². The average Bonchev–Trinajstić information content (AvgIpc) is 2.28. The highest BCUT2D eigenvalue weighted by Crippen LogP contribution is 2.21. The lowest BCUT2D eigenvalue weighted by Crippen LogP contribution is -2.19. The number of hydrogen-bond donors (Lipinski definition) is 1. The minimum atomic E-state index is 0.727. The van der Waals surface area contributed by atoms with Gasteiger partial charge in [-0.3, -0.25) is 0 Å². The van der Waals surface area contributed by atoms with E-state index < -0.39 is 0 Å². The van der Waals surface area contributed by atoms with Gasteiger partial charge in [0.1, 0.15) is 0 Å². The van der Waals surface area contributed by atoms with E-state index in [1.165, 1.54) is 11.1 Å². The Labute approximate surface area is 108 Å². The van der Waals surface area contributed by atoms with E-state index in [1.54, 1.807) is 0 Å². The van der Waals surface area contributed by atoms with Gasteiger partial charge in [0.25, 0.3) is 0 Å². The molecular weight excluding hydrogens is 222 g/mol. The first-order chi connectivity index (χ1) is 8.56. The SMILES string of the molecule is Cc1cccc(CN(C)c2ncc(C)cc2N)c1. The lowest BCUT2D eigenvalue weighted by molar-refractivity contribution is 0.897. The van der Waals surface area contributed by atoms with Crippen LogP contribution in [0.2, 0.25) is 0 Å². The highest BCUT2D eigenvalue weighted by Gasteiger charge is 2.07. The van der Waals surface area contributed by atoms with Crippen molar-refractivity contribution in [1.82, 2.24) is 4.98 Å². The summed E-state index contributed by atoms with van der Waals surface area (Å²) in [7, 11) is 2.01. The molecule has 18 heavy (non-hydrogen) atoms. The van der Waals surface area contributed by atoms with Gasteiger partial charge in [0.05, 0.1) is 5.69 Å². The molecule has 0 aliphatic carbocycles. The Bertz CT molecular complexity index is 549. The zero-order chi connectivity index (χ0) is 13.1. The molecule has 0 aliphatic heterocycles. The van der Waals surface area contributed by atoms with E-state index in [0.717, 1.165) is 23.6 Å². The summed E-state index contributed by atoms with van der Waals surface area (Å²) < 4.78 is 0. The van der Waals surface area contributed by atoms with Gasteiger partial charge in [-0.25, -0.2) is 4.98 Å². The van der Waals surface area contributed by atoms with Crippen LogP contribution in [0.1, 0.15) is 16.7 Å². The molecule has 2 N–H and O–H groups in total. The van der Waals surface area contributed by atoms with E-state index in [4.69, 9.17) is 5.73 Å². The second kappa shape index (κ2) is 5.08. The first-order valence-electron chi connectivity index (χ1n) is 6.05. The van der Waals surface area contributed by atoms with Crippen molar-refractivity contribution in [3.8, 4) is 0 Å². The van der Waals surface area contributed by atoms with Crippen molar-refractivity contribution in [3.63, 3.8) is 0 Å². The van der Waals surface area contributed by atoms with Crippen LogP contribution in [0.15, 0.2) is 36.5 Å². The van der Waals surface area contributed by atoms with Crippen LogP contribution in [0, 0.1) is 13.8 Å². The van der Waals surface area contributed by atoms with Gasteiger partial charge in [-0.2, -0.15) is 0 Å². The third kappa shape index (κ3) is 2.80. The van der Waals surface area contributed by atoms with E-state index in [-0.39, 0.29) is 0 Å². The highest BCUT2D eigenvalue weighted by atomic mass is 15.2. The number of benzene rings is 1. The molecule has 0 spiro atoms. The quantitative estimate of drug-likeness (QED) is 0.898. The van der Waals surface area contributed by atoms with Crippen LogP contribution < -0.4 is 10.6 Å². The topological polar surface area (TPSA) is 42.2 Å². The molecule has 0 amide bonds. The maximum absolute atomic E-state index is 6.00. The van der Waals surface area contributed by atoms with Gasteiger partial charge in [-0.1, -0.05) is 29.8 Å². The summed E-state index contributed by atoms with van der Waals surface area (Å²) in [5.74, 6) is 0.835. The lowest BCUT2D eigenvalue weighted by Gasteiger charge is -2.20. The van der Waals surface area contributed by atoms with Crippen molar-refractivity contribution in [2.75, 3.05) is 17.7 Å². The van der Waals surface area contributed by atoms with Crippen LogP contribution in [0.5, 0.6) is 0 Å².